The highest BCUT2D eigenvalue weighted by atomic mass is 79.9. The fourth-order valence-electron chi connectivity index (χ4n) is 1.55. The Morgan fingerprint density at radius 2 is 2.06 bits per heavy atom. The van der Waals surface area contributed by atoms with E-state index in [2.05, 4.69) is 36.2 Å². The third-order valence-electron chi connectivity index (χ3n) is 2.30. The van der Waals surface area contributed by atoms with Gasteiger partial charge in [-0.3, -0.25) is 0 Å². The van der Waals surface area contributed by atoms with E-state index in [1.807, 2.05) is 24.3 Å². The van der Waals surface area contributed by atoms with E-state index in [1.54, 1.807) is 10.9 Å². The lowest BCUT2D eigenvalue weighted by Gasteiger charge is -2.03. The molecule has 7 heteroatoms. The van der Waals surface area contributed by atoms with Crippen LogP contribution in [0.15, 0.2) is 34.9 Å². The number of para-hydroxylation sites is 1. The van der Waals surface area contributed by atoms with Crippen LogP contribution in [0.5, 0.6) is 0 Å². The van der Waals surface area contributed by atoms with Gasteiger partial charge in [-0.25, -0.2) is 4.98 Å². The van der Waals surface area contributed by atoms with Crippen molar-refractivity contribution in [3.63, 3.8) is 0 Å². The van der Waals surface area contributed by atoms with Gasteiger partial charge >= 0.3 is 0 Å². The minimum absolute atomic E-state index is 0.197. The fraction of sp³-hybridized carbons (Fsp3) is 0. The molecule has 0 aliphatic rings. The molecule has 84 valence electrons. The molecule has 6 nitrogen and oxygen atoms in total. The molecule has 2 aromatic heterocycles. The molecule has 2 N–H and O–H groups in total. The van der Waals surface area contributed by atoms with Crippen LogP contribution in [0.1, 0.15) is 0 Å². The molecule has 0 fully saturated rings. The van der Waals surface area contributed by atoms with Crippen molar-refractivity contribution < 1.29 is 0 Å². The Bertz CT molecular complexity index is 692. The van der Waals surface area contributed by atoms with Crippen LogP contribution >= 0.6 is 15.9 Å². The second-order valence-electron chi connectivity index (χ2n) is 3.39. The summed E-state index contributed by atoms with van der Waals surface area (Å²) in [6.45, 7) is 0. The zero-order valence-corrected chi connectivity index (χ0v) is 10.2. The number of anilines is 1. The lowest BCUT2D eigenvalue weighted by molar-refractivity contribution is 0.795. The highest BCUT2D eigenvalue weighted by Crippen LogP contribution is 2.21. The van der Waals surface area contributed by atoms with Crippen LogP contribution in [-0.2, 0) is 0 Å². The van der Waals surface area contributed by atoms with E-state index in [0.29, 0.717) is 10.3 Å². The van der Waals surface area contributed by atoms with Crippen molar-refractivity contribution in [3.8, 4) is 5.82 Å². The number of nitrogens with zero attached hydrogens (tertiary/aromatic N) is 5. The molecule has 0 unspecified atom stereocenters. The molecule has 2 heterocycles. The quantitative estimate of drug-likeness (QED) is 0.735. The van der Waals surface area contributed by atoms with E-state index in [4.69, 9.17) is 5.73 Å². The van der Waals surface area contributed by atoms with Gasteiger partial charge in [-0.2, -0.15) is 9.67 Å². The Morgan fingerprint density at radius 3 is 2.94 bits per heavy atom. The van der Waals surface area contributed by atoms with Crippen molar-refractivity contribution in [2.45, 2.75) is 0 Å². The first-order valence-corrected chi connectivity index (χ1v) is 5.64. The predicted octanol–water partition coefficient (Wildman–Crippen LogP) is 1.56. The molecule has 3 aromatic rings. The van der Waals surface area contributed by atoms with E-state index in [1.165, 1.54) is 0 Å². The number of aromatic nitrogens is 5. The molecule has 0 atom stereocenters. The number of nitrogens with two attached hydrogens (primary N) is 1. The van der Waals surface area contributed by atoms with Crippen LogP contribution in [0.2, 0.25) is 0 Å². The normalized spacial score (nSPS) is 10.9. The minimum atomic E-state index is 0.197. The van der Waals surface area contributed by atoms with Gasteiger partial charge < -0.3 is 5.73 Å². The van der Waals surface area contributed by atoms with Crippen LogP contribution in [-0.4, -0.2) is 25.0 Å². The number of nitrogen functional groups attached to an aromatic ring is 1. The highest BCUT2D eigenvalue weighted by molar-refractivity contribution is 9.10. The van der Waals surface area contributed by atoms with Crippen LogP contribution < -0.4 is 5.73 Å². The van der Waals surface area contributed by atoms with E-state index in [0.717, 1.165) is 11.0 Å². The zero-order valence-electron chi connectivity index (χ0n) is 8.58. The standard InChI is InChI=1S/C10H7BrN6/c11-6-5-13-10(12)14-9(6)17-8-4-2-1-3-7(8)15-16-17/h1-5H,(H2,12,13,14). The maximum absolute atomic E-state index is 5.57. The molecule has 0 aliphatic carbocycles. The third kappa shape index (κ3) is 1.64. The Labute approximate surface area is 105 Å². The molecule has 0 spiro atoms. The van der Waals surface area contributed by atoms with Gasteiger partial charge in [0.05, 0.1) is 9.99 Å². The van der Waals surface area contributed by atoms with Crippen molar-refractivity contribution >= 4 is 32.9 Å². The Balaban J connectivity index is 2.31. The number of hydrogen-bond donors (Lipinski definition) is 1. The SMILES string of the molecule is Nc1ncc(Br)c(-n2nnc3ccccc32)n1. The molecule has 0 aliphatic heterocycles. The number of fused-ring (bicyclic) bond motifs is 1. The lowest BCUT2D eigenvalue weighted by atomic mass is 10.3. The Kier molecular flexibility index (Phi) is 2.25. The van der Waals surface area contributed by atoms with Gasteiger partial charge in [0.1, 0.15) is 5.52 Å². The topological polar surface area (TPSA) is 82.5 Å². The summed E-state index contributed by atoms with van der Waals surface area (Å²) in [6.07, 6.45) is 1.59. The molecule has 0 radical (unpaired) electrons. The van der Waals surface area contributed by atoms with Gasteiger partial charge in [0.2, 0.25) is 5.95 Å². The summed E-state index contributed by atoms with van der Waals surface area (Å²) in [4.78, 5) is 8.03. The van der Waals surface area contributed by atoms with Crippen molar-refractivity contribution in [1.82, 2.24) is 25.0 Å². The minimum Gasteiger partial charge on any atom is -0.368 e. The second-order valence-corrected chi connectivity index (χ2v) is 4.24. The summed E-state index contributed by atoms with van der Waals surface area (Å²) in [7, 11) is 0. The number of rotatable bonds is 1. The summed E-state index contributed by atoms with van der Waals surface area (Å²) >= 11 is 3.37. The van der Waals surface area contributed by atoms with Crippen molar-refractivity contribution in [1.29, 1.82) is 0 Å². The largest absolute Gasteiger partial charge is 0.368 e. The van der Waals surface area contributed by atoms with Crippen LogP contribution in [0.3, 0.4) is 0 Å². The van der Waals surface area contributed by atoms with Crippen molar-refractivity contribution in [3.05, 3.63) is 34.9 Å². The lowest BCUT2D eigenvalue weighted by Crippen LogP contribution is -2.05. The van der Waals surface area contributed by atoms with Crippen molar-refractivity contribution in [2.24, 2.45) is 0 Å². The monoisotopic (exact) mass is 290 g/mol. The molecule has 0 saturated heterocycles. The zero-order chi connectivity index (χ0) is 11.8. The summed E-state index contributed by atoms with van der Waals surface area (Å²) in [6, 6.07) is 7.63. The van der Waals surface area contributed by atoms with Gasteiger partial charge in [-0.1, -0.05) is 17.3 Å². The fourth-order valence-corrected chi connectivity index (χ4v) is 1.90. The number of benzene rings is 1. The summed E-state index contributed by atoms with van der Waals surface area (Å²) in [5.41, 5.74) is 7.24. The molecule has 0 amide bonds. The van der Waals surface area contributed by atoms with Crippen LogP contribution in [0.25, 0.3) is 16.9 Å². The molecule has 0 saturated carbocycles. The van der Waals surface area contributed by atoms with Gasteiger partial charge in [0, 0.05) is 6.20 Å². The first kappa shape index (κ1) is 10.2. The number of hydrogen-bond acceptors (Lipinski definition) is 5. The average Bonchev–Trinajstić information content (AvgIpc) is 2.76. The summed E-state index contributed by atoms with van der Waals surface area (Å²) in [5.74, 6) is 0.772. The van der Waals surface area contributed by atoms with Gasteiger partial charge in [-0.15, -0.1) is 5.10 Å². The van der Waals surface area contributed by atoms with Crippen molar-refractivity contribution in [2.75, 3.05) is 5.73 Å². The summed E-state index contributed by atoms with van der Waals surface area (Å²) in [5, 5.41) is 8.12. The summed E-state index contributed by atoms with van der Waals surface area (Å²) < 4.78 is 2.33. The van der Waals surface area contributed by atoms with E-state index >= 15 is 0 Å². The van der Waals surface area contributed by atoms with Gasteiger partial charge in [0.15, 0.2) is 5.82 Å². The maximum atomic E-state index is 5.57. The smallest absolute Gasteiger partial charge is 0.222 e. The molecule has 0 bridgehead atoms. The first-order valence-electron chi connectivity index (χ1n) is 4.84. The van der Waals surface area contributed by atoms with Crippen LogP contribution in [0.4, 0.5) is 5.95 Å². The van der Waals surface area contributed by atoms with E-state index in [9.17, 15) is 0 Å². The molecule has 1 aromatic carbocycles. The van der Waals surface area contributed by atoms with E-state index in [-0.39, 0.29) is 5.95 Å². The van der Waals surface area contributed by atoms with Gasteiger partial charge in [-0.05, 0) is 28.1 Å². The predicted molar refractivity (Wildman–Crippen MR) is 66.6 cm³/mol. The highest BCUT2D eigenvalue weighted by Gasteiger charge is 2.11. The van der Waals surface area contributed by atoms with Crippen LogP contribution in [0, 0.1) is 0 Å². The first-order chi connectivity index (χ1) is 8.25. The second kappa shape index (κ2) is 3.77. The molecule has 3 rings (SSSR count). The Hall–Kier alpha value is -2.02. The number of halogens is 1. The third-order valence-corrected chi connectivity index (χ3v) is 2.86. The molecular weight excluding hydrogens is 284 g/mol. The maximum Gasteiger partial charge on any atom is 0.222 e. The average molecular weight is 291 g/mol. The molecular formula is C10H7BrN6. The van der Waals surface area contributed by atoms with E-state index < -0.39 is 0 Å². The van der Waals surface area contributed by atoms with Gasteiger partial charge in [0.25, 0.3) is 0 Å². The Morgan fingerprint density at radius 1 is 1.24 bits per heavy atom. The molecule has 17 heavy (non-hydrogen) atoms.